The Morgan fingerprint density at radius 1 is 1.30 bits per heavy atom. The average molecular weight is 135 g/mol. The van der Waals surface area contributed by atoms with Crippen LogP contribution in [0.25, 0.3) is 0 Å². The maximum atomic E-state index is 8.90. The van der Waals surface area contributed by atoms with Crippen LogP contribution in [0, 0.1) is 11.3 Å². The third-order valence-corrected chi connectivity index (χ3v) is 1.10. The summed E-state index contributed by atoms with van der Waals surface area (Å²) in [6.45, 7) is 0. The molecule has 0 aliphatic carbocycles. The first-order valence-electron chi connectivity index (χ1n) is 2.66. The number of nitrogens with zero attached hydrogens (tertiary/aromatic N) is 1. The molecular formula is C7H5NO2. The molecule has 0 radical (unpaired) electrons. The highest BCUT2D eigenvalue weighted by molar-refractivity contribution is 5.45. The first-order chi connectivity index (χ1) is 4.74. The highest BCUT2D eigenvalue weighted by atomic mass is 16.3. The van der Waals surface area contributed by atoms with E-state index in [1.54, 1.807) is 6.07 Å². The standard InChI is InChI=1S/C7H5NO2/c8-4-5-3-6(9)1-2-7(5)10/h1-3,9-10H. The quantitative estimate of drug-likeness (QED) is 0.521. The third-order valence-electron chi connectivity index (χ3n) is 1.10. The number of hydrogen-bond donors (Lipinski definition) is 2. The van der Waals surface area contributed by atoms with Crippen molar-refractivity contribution in [3.8, 4) is 17.6 Å². The molecule has 0 bridgehead atoms. The van der Waals surface area contributed by atoms with E-state index < -0.39 is 0 Å². The van der Waals surface area contributed by atoms with Crippen molar-refractivity contribution in [1.82, 2.24) is 0 Å². The summed E-state index contributed by atoms with van der Waals surface area (Å²) in [6, 6.07) is 5.52. The number of rotatable bonds is 0. The normalized spacial score (nSPS) is 8.70. The molecule has 1 aromatic carbocycles. The van der Waals surface area contributed by atoms with Gasteiger partial charge < -0.3 is 10.2 Å². The van der Waals surface area contributed by atoms with E-state index in [1.807, 2.05) is 0 Å². The molecule has 1 aromatic rings. The highest BCUT2D eigenvalue weighted by Crippen LogP contribution is 2.20. The van der Waals surface area contributed by atoms with Gasteiger partial charge in [0.1, 0.15) is 17.6 Å². The van der Waals surface area contributed by atoms with Gasteiger partial charge in [-0.2, -0.15) is 5.26 Å². The van der Waals surface area contributed by atoms with Crippen LogP contribution in [0.2, 0.25) is 0 Å². The highest BCUT2D eigenvalue weighted by Gasteiger charge is 1.98. The predicted octanol–water partition coefficient (Wildman–Crippen LogP) is 0.969. The molecule has 0 aliphatic heterocycles. The van der Waals surface area contributed by atoms with Crippen molar-refractivity contribution in [2.45, 2.75) is 0 Å². The Balaban J connectivity index is 3.25. The Hall–Kier alpha value is -1.69. The van der Waals surface area contributed by atoms with Crippen molar-refractivity contribution in [2.24, 2.45) is 0 Å². The smallest absolute Gasteiger partial charge is 0.133 e. The van der Waals surface area contributed by atoms with Gasteiger partial charge in [-0.15, -0.1) is 0 Å². The molecule has 0 saturated heterocycles. The Kier molecular flexibility index (Phi) is 1.46. The fraction of sp³-hybridized carbons (Fsp3) is 0. The summed E-state index contributed by atoms with van der Waals surface area (Å²) in [6.07, 6.45) is 0. The summed E-state index contributed by atoms with van der Waals surface area (Å²) in [4.78, 5) is 0. The van der Waals surface area contributed by atoms with Crippen LogP contribution in [0.15, 0.2) is 18.2 Å². The molecule has 0 heterocycles. The van der Waals surface area contributed by atoms with Crippen molar-refractivity contribution in [3.05, 3.63) is 23.8 Å². The van der Waals surface area contributed by atoms with Crippen LogP contribution in [0.1, 0.15) is 5.56 Å². The van der Waals surface area contributed by atoms with E-state index in [0.717, 1.165) is 0 Å². The second kappa shape index (κ2) is 2.28. The second-order valence-electron chi connectivity index (χ2n) is 1.81. The molecule has 1 rings (SSSR count). The summed E-state index contributed by atoms with van der Waals surface area (Å²) >= 11 is 0. The molecule has 0 aliphatic rings. The molecule has 0 fully saturated rings. The van der Waals surface area contributed by atoms with Gasteiger partial charge in [0, 0.05) is 6.07 Å². The summed E-state index contributed by atoms with van der Waals surface area (Å²) < 4.78 is 0. The van der Waals surface area contributed by atoms with Gasteiger partial charge in [0.25, 0.3) is 0 Å². The Morgan fingerprint density at radius 3 is 2.50 bits per heavy atom. The molecule has 0 aromatic heterocycles. The van der Waals surface area contributed by atoms with Gasteiger partial charge in [0.2, 0.25) is 0 Å². The number of phenols is 2. The summed E-state index contributed by atoms with van der Waals surface area (Å²) in [5.41, 5.74) is 0.0833. The Labute approximate surface area is 57.8 Å². The number of benzene rings is 1. The van der Waals surface area contributed by atoms with E-state index in [1.165, 1.54) is 18.2 Å². The number of nitriles is 1. The lowest BCUT2D eigenvalue weighted by Gasteiger charge is -1.94. The van der Waals surface area contributed by atoms with E-state index in [9.17, 15) is 0 Å². The molecule has 0 atom stereocenters. The Bertz CT molecular complexity index is 288. The largest absolute Gasteiger partial charge is 0.508 e. The van der Waals surface area contributed by atoms with E-state index in [4.69, 9.17) is 15.5 Å². The lowest BCUT2D eigenvalue weighted by molar-refractivity contribution is 0.459. The van der Waals surface area contributed by atoms with Crippen molar-refractivity contribution in [1.29, 1.82) is 5.26 Å². The first kappa shape index (κ1) is 6.43. The summed E-state index contributed by atoms with van der Waals surface area (Å²) in [7, 11) is 0. The molecule has 10 heavy (non-hydrogen) atoms. The number of hydrogen-bond acceptors (Lipinski definition) is 3. The molecule has 50 valence electrons. The minimum atomic E-state index is -0.111. The zero-order valence-electron chi connectivity index (χ0n) is 5.07. The van der Waals surface area contributed by atoms with Crippen LogP contribution in [0.3, 0.4) is 0 Å². The molecule has 0 saturated carbocycles. The minimum Gasteiger partial charge on any atom is -0.508 e. The van der Waals surface area contributed by atoms with Crippen molar-refractivity contribution in [2.75, 3.05) is 0 Å². The molecule has 0 spiro atoms. The van der Waals surface area contributed by atoms with Gasteiger partial charge in [0.05, 0.1) is 5.56 Å². The monoisotopic (exact) mass is 135 g/mol. The van der Waals surface area contributed by atoms with E-state index >= 15 is 0 Å². The fourth-order valence-electron chi connectivity index (χ4n) is 0.614. The SMILES string of the molecule is N#Cc1cc(O)ccc1O. The van der Waals surface area contributed by atoms with Gasteiger partial charge in [-0.3, -0.25) is 0 Å². The predicted molar refractivity (Wildman–Crippen MR) is 34.5 cm³/mol. The van der Waals surface area contributed by atoms with Crippen LogP contribution in [0.5, 0.6) is 11.5 Å². The zero-order chi connectivity index (χ0) is 7.56. The minimum absolute atomic E-state index is 0.0191. The van der Waals surface area contributed by atoms with Crippen LogP contribution in [-0.2, 0) is 0 Å². The average Bonchev–Trinajstić information content (AvgIpc) is 1.94. The van der Waals surface area contributed by atoms with Crippen LogP contribution < -0.4 is 0 Å². The van der Waals surface area contributed by atoms with Crippen molar-refractivity contribution in [3.63, 3.8) is 0 Å². The molecule has 3 nitrogen and oxygen atoms in total. The fourth-order valence-corrected chi connectivity index (χ4v) is 0.614. The van der Waals surface area contributed by atoms with E-state index in [0.29, 0.717) is 0 Å². The Morgan fingerprint density at radius 2 is 2.00 bits per heavy atom. The molecule has 0 amide bonds. The van der Waals surface area contributed by atoms with Gasteiger partial charge in [-0.1, -0.05) is 0 Å². The van der Waals surface area contributed by atoms with Crippen molar-refractivity contribution < 1.29 is 10.2 Å². The zero-order valence-corrected chi connectivity index (χ0v) is 5.07. The van der Waals surface area contributed by atoms with Crippen LogP contribution >= 0.6 is 0 Å². The third kappa shape index (κ3) is 1.00. The maximum Gasteiger partial charge on any atom is 0.133 e. The first-order valence-corrected chi connectivity index (χ1v) is 2.66. The second-order valence-corrected chi connectivity index (χ2v) is 1.81. The van der Waals surface area contributed by atoms with Crippen LogP contribution in [0.4, 0.5) is 0 Å². The lowest BCUT2D eigenvalue weighted by atomic mass is 10.2. The summed E-state index contributed by atoms with van der Waals surface area (Å²) in [5.74, 6) is -0.130. The van der Waals surface area contributed by atoms with Gasteiger partial charge in [-0.05, 0) is 12.1 Å². The van der Waals surface area contributed by atoms with Gasteiger partial charge >= 0.3 is 0 Å². The van der Waals surface area contributed by atoms with E-state index in [2.05, 4.69) is 0 Å². The van der Waals surface area contributed by atoms with E-state index in [-0.39, 0.29) is 17.1 Å². The molecular weight excluding hydrogens is 130 g/mol. The topological polar surface area (TPSA) is 64.2 Å². The maximum absolute atomic E-state index is 8.90. The van der Waals surface area contributed by atoms with Crippen LogP contribution in [-0.4, -0.2) is 10.2 Å². The van der Waals surface area contributed by atoms with Crippen molar-refractivity contribution >= 4 is 0 Å². The summed E-state index contributed by atoms with van der Waals surface area (Å²) in [5, 5.41) is 26.0. The molecule has 2 N–H and O–H groups in total. The van der Waals surface area contributed by atoms with Gasteiger partial charge in [-0.25, -0.2) is 0 Å². The number of aromatic hydroxyl groups is 2. The van der Waals surface area contributed by atoms with Gasteiger partial charge in [0.15, 0.2) is 0 Å². The lowest BCUT2D eigenvalue weighted by Crippen LogP contribution is -1.74. The molecule has 3 heteroatoms. The molecule has 0 unspecified atom stereocenters. The number of phenolic OH excluding ortho intramolecular Hbond substituents is 2.